The summed E-state index contributed by atoms with van der Waals surface area (Å²) in [7, 11) is 0. The monoisotopic (exact) mass is 382 g/mol. The molecule has 1 aliphatic carbocycles. The Bertz CT molecular complexity index is 836. The summed E-state index contributed by atoms with van der Waals surface area (Å²) in [6, 6.07) is 3.50. The highest BCUT2D eigenvalue weighted by Crippen LogP contribution is 2.31. The molecule has 3 rings (SSSR count). The molecule has 0 saturated heterocycles. The van der Waals surface area contributed by atoms with E-state index in [9.17, 15) is 23.1 Å². The molecule has 1 fully saturated rings. The van der Waals surface area contributed by atoms with Crippen molar-refractivity contribution < 1.29 is 27.8 Å². The molecular formula is C19H21F3N2O3. The molecule has 5 nitrogen and oxygen atoms in total. The standard InChI is InChI=1S/C19H21F3N2O3/c1-2-19(26)5-3-13(4-6-19)24-17(25)12-7-11-8-14(20)16(27-18(21)22)9-15(11)23-10-12/h7-10,13,18,26H,2-6H2,1H3,(H,24,25)/t13-,19-. The molecule has 1 heterocycles. The molecule has 8 heteroatoms. The number of benzene rings is 1. The van der Waals surface area contributed by atoms with Gasteiger partial charge in [-0.05, 0) is 44.2 Å². The van der Waals surface area contributed by atoms with Gasteiger partial charge >= 0.3 is 6.61 Å². The van der Waals surface area contributed by atoms with Gasteiger partial charge in [-0.1, -0.05) is 6.92 Å². The van der Waals surface area contributed by atoms with Crippen molar-refractivity contribution in [3.8, 4) is 5.75 Å². The number of ether oxygens (including phenoxy) is 1. The van der Waals surface area contributed by atoms with Crippen LogP contribution < -0.4 is 10.1 Å². The minimum Gasteiger partial charge on any atom is -0.432 e. The van der Waals surface area contributed by atoms with E-state index in [-0.39, 0.29) is 23.0 Å². The fourth-order valence-corrected chi connectivity index (χ4v) is 3.36. The van der Waals surface area contributed by atoms with Crippen LogP contribution in [0, 0.1) is 5.82 Å². The number of alkyl halides is 2. The van der Waals surface area contributed by atoms with Crippen LogP contribution in [0.5, 0.6) is 5.75 Å². The lowest BCUT2D eigenvalue weighted by atomic mass is 9.80. The zero-order valence-corrected chi connectivity index (χ0v) is 14.8. The SMILES string of the molecule is CC[C@]1(O)CC[C@H](NC(=O)c2cnc3cc(OC(F)F)c(F)cc3c2)CC1. The molecule has 1 aliphatic rings. The van der Waals surface area contributed by atoms with Gasteiger partial charge in [0.1, 0.15) is 0 Å². The molecule has 0 radical (unpaired) electrons. The Hall–Kier alpha value is -2.35. The Balaban J connectivity index is 1.72. The number of hydrogen-bond acceptors (Lipinski definition) is 4. The van der Waals surface area contributed by atoms with Crippen LogP contribution in [0.1, 0.15) is 49.4 Å². The molecule has 27 heavy (non-hydrogen) atoms. The number of nitrogens with zero attached hydrogens (tertiary/aromatic N) is 1. The van der Waals surface area contributed by atoms with E-state index in [1.54, 1.807) is 0 Å². The zero-order valence-electron chi connectivity index (χ0n) is 14.8. The Morgan fingerprint density at radius 2 is 2.07 bits per heavy atom. The number of carbonyl (C=O) groups is 1. The van der Waals surface area contributed by atoms with Crippen molar-refractivity contribution in [3.63, 3.8) is 0 Å². The van der Waals surface area contributed by atoms with Crippen molar-refractivity contribution in [2.24, 2.45) is 0 Å². The fraction of sp³-hybridized carbons (Fsp3) is 0.474. The van der Waals surface area contributed by atoms with Crippen molar-refractivity contribution in [2.45, 2.75) is 57.3 Å². The number of amides is 1. The lowest BCUT2D eigenvalue weighted by Gasteiger charge is -2.35. The average molecular weight is 382 g/mol. The number of nitrogens with one attached hydrogen (secondary N) is 1. The summed E-state index contributed by atoms with van der Waals surface area (Å²) in [6.07, 6.45) is 4.61. The second-order valence-corrected chi connectivity index (χ2v) is 6.90. The van der Waals surface area contributed by atoms with E-state index in [1.165, 1.54) is 12.3 Å². The summed E-state index contributed by atoms with van der Waals surface area (Å²) in [6.45, 7) is -1.20. The van der Waals surface area contributed by atoms with Crippen molar-refractivity contribution in [3.05, 3.63) is 35.8 Å². The summed E-state index contributed by atoms with van der Waals surface area (Å²) in [4.78, 5) is 16.5. The maximum atomic E-state index is 13.9. The quantitative estimate of drug-likeness (QED) is 0.825. The van der Waals surface area contributed by atoms with Gasteiger partial charge in [-0.3, -0.25) is 9.78 Å². The second kappa shape index (κ2) is 7.72. The third kappa shape index (κ3) is 4.50. The number of rotatable bonds is 5. The average Bonchev–Trinajstić information content (AvgIpc) is 2.63. The molecule has 2 aromatic rings. The maximum Gasteiger partial charge on any atom is 0.387 e. The number of aliphatic hydroxyl groups is 1. The van der Waals surface area contributed by atoms with Gasteiger partial charge in [0.25, 0.3) is 5.91 Å². The van der Waals surface area contributed by atoms with Crippen molar-refractivity contribution >= 4 is 16.8 Å². The summed E-state index contributed by atoms with van der Waals surface area (Å²) < 4.78 is 42.6. The number of aromatic nitrogens is 1. The third-order valence-electron chi connectivity index (χ3n) is 5.12. The summed E-state index contributed by atoms with van der Waals surface area (Å²) >= 11 is 0. The summed E-state index contributed by atoms with van der Waals surface area (Å²) in [5, 5.41) is 13.5. The highest BCUT2D eigenvalue weighted by Gasteiger charge is 2.32. The van der Waals surface area contributed by atoms with Crippen LogP contribution >= 0.6 is 0 Å². The molecular weight excluding hydrogens is 361 g/mol. The minimum atomic E-state index is -3.14. The highest BCUT2D eigenvalue weighted by atomic mass is 19.3. The van der Waals surface area contributed by atoms with Gasteiger partial charge in [-0.15, -0.1) is 0 Å². The van der Waals surface area contributed by atoms with Crippen molar-refractivity contribution in [1.82, 2.24) is 10.3 Å². The first-order valence-electron chi connectivity index (χ1n) is 8.87. The highest BCUT2D eigenvalue weighted by molar-refractivity contribution is 5.97. The van der Waals surface area contributed by atoms with Gasteiger partial charge in [0.05, 0.1) is 16.7 Å². The van der Waals surface area contributed by atoms with Gasteiger partial charge in [-0.2, -0.15) is 8.78 Å². The topological polar surface area (TPSA) is 71.5 Å². The van der Waals surface area contributed by atoms with E-state index < -0.39 is 23.8 Å². The molecule has 0 aliphatic heterocycles. The summed E-state index contributed by atoms with van der Waals surface area (Å²) in [5.41, 5.74) is -0.156. The Morgan fingerprint density at radius 1 is 1.37 bits per heavy atom. The first-order chi connectivity index (χ1) is 12.8. The first-order valence-corrected chi connectivity index (χ1v) is 8.87. The number of halogens is 3. The molecule has 0 bridgehead atoms. The predicted molar refractivity (Wildman–Crippen MR) is 93.3 cm³/mol. The van der Waals surface area contributed by atoms with Gasteiger partial charge in [-0.25, -0.2) is 4.39 Å². The van der Waals surface area contributed by atoms with E-state index in [1.807, 2.05) is 6.92 Å². The molecule has 0 spiro atoms. The first kappa shape index (κ1) is 19.4. The van der Waals surface area contributed by atoms with Crippen LogP contribution in [-0.2, 0) is 0 Å². The van der Waals surface area contributed by atoms with E-state index >= 15 is 0 Å². The van der Waals surface area contributed by atoms with Crippen LogP contribution in [0.4, 0.5) is 13.2 Å². The van der Waals surface area contributed by atoms with Gasteiger partial charge < -0.3 is 15.2 Å². The molecule has 146 valence electrons. The molecule has 1 aromatic carbocycles. The van der Waals surface area contributed by atoms with Gasteiger partial charge in [0.2, 0.25) is 0 Å². The molecule has 2 N–H and O–H groups in total. The second-order valence-electron chi connectivity index (χ2n) is 6.90. The third-order valence-corrected chi connectivity index (χ3v) is 5.12. The van der Waals surface area contributed by atoms with Crippen molar-refractivity contribution in [2.75, 3.05) is 0 Å². The van der Waals surface area contributed by atoms with Crippen molar-refractivity contribution in [1.29, 1.82) is 0 Å². The van der Waals surface area contributed by atoms with Crippen LogP contribution in [0.15, 0.2) is 24.4 Å². The molecule has 1 aromatic heterocycles. The predicted octanol–water partition coefficient (Wildman–Crippen LogP) is 3.79. The lowest BCUT2D eigenvalue weighted by molar-refractivity contribution is -0.0520. The zero-order chi connectivity index (χ0) is 19.6. The van der Waals surface area contributed by atoms with Gasteiger partial charge in [0, 0.05) is 23.7 Å². The summed E-state index contributed by atoms with van der Waals surface area (Å²) in [5.74, 6) is -1.88. The minimum absolute atomic E-state index is 0.0430. The van der Waals surface area contributed by atoms with Crippen LogP contribution in [0.25, 0.3) is 10.9 Å². The van der Waals surface area contributed by atoms with E-state index in [4.69, 9.17) is 0 Å². The number of carbonyl (C=O) groups excluding carboxylic acids is 1. The van der Waals surface area contributed by atoms with Gasteiger partial charge in [0.15, 0.2) is 11.6 Å². The van der Waals surface area contributed by atoms with Crippen LogP contribution in [0.3, 0.4) is 0 Å². The lowest BCUT2D eigenvalue weighted by Crippen LogP contribution is -2.43. The van der Waals surface area contributed by atoms with E-state index in [0.717, 1.165) is 12.1 Å². The number of fused-ring (bicyclic) bond motifs is 1. The number of pyridine rings is 1. The molecule has 0 atom stereocenters. The van der Waals surface area contributed by atoms with E-state index in [0.29, 0.717) is 37.5 Å². The van der Waals surface area contributed by atoms with E-state index in [2.05, 4.69) is 15.0 Å². The van der Waals surface area contributed by atoms with Crippen LogP contribution in [-0.4, -0.2) is 34.3 Å². The maximum absolute atomic E-state index is 13.9. The molecule has 0 unspecified atom stereocenters. The normalized spacial score (nSPS) is 22.8. The molecule has 1 amide bonds. The smallest absolute Gasteiger partial charge is 0.387 e. The Kier molecular flexibility index (Phi) is 5.55. The fourth-order valence-electron chi connectivity index (χ4n) is 3.36. The Labute approximate surface area is 154 Å². The molecule has 1 saturated carbocycles. The number of hydrogen-bond donors (Lipinski definition) is 2. The van der Waals surface area contributed by atoms with Crippen LogP contribution in [0.2, 0.25) is 0 Å². The Morgan fingerprint density at radius 3 is 2.70 bits per heavy atom. The largest absolute Gasteiger partial charge is 0.432 e.